The molecule has 0 radical (unpaired) electrons. The standard InChI is InChI=1S/C15H14N6O2S/c1-9(2)15-17-12(8-24-15)13-18-14(23-20-13)11-6-10(22-19-11)7-21-5-3-4-16-21/h3-6,8-9H,7H2,1-2H3. The molecule has 4 aromatic heterocycles. The summed E-state index contributed by atoms with van der Waals surface area (Å²) in [5.74, 6) is 1.78. The van der Waals surface area contributed by atoms with Gasteiger partial charge in [0.1, 0.15) is 12.2 Å². The second kappa shape index (κ2) is 6.00. The Bertz CT molecular complexity index is 937. The summed E-state index contributed by atoms with van der Waals surface area (Å²) in [5.41, 5.74) is 1.20. The Labute approximate surface area is 141 Å². The number of hydrogen-bond acceptors (Lipinski definition) is 8. The normalized spacial score (nSPS) is 11.5. The quantitative estimate of drug-likeness (QED) is 0.549. The lowest BCUT2D eigenvalue weighted by Gasteiger charge is -1.95. The molecule has 0 atom stereocenters. The molecule has 9 heteroatoms. The van der Waals surface area contributed by atoms with Crippen LogP contribution in [0.25, 0.3) is 23.1 Å². The van der Waals surface area contributed by atoms with Crippen LogP contribution >= 0.6 is 11.3 Å². The van der Waals surface area contributed by atoms with Crippen molar-refractivity contribution in [3.63, 3.8) is 0 Å². The number of aromatic nitrogens is 6. The van der Waals surface area contributed by atoms with E-state index in [0.29, 0.717) is 41.3 Å². The number of nitrogens with zero attached hydrogens (tertiary/aromatic N) is 6. The molecular formula is C15H14N6O2S. The van der Waals surface area contributed by atoms with E-state index >= 15 is 0 Å². The third kappa shape index (κ3) is 2.85. The van der Waals surface area contributed by atoms with Crippen molar-refractivity contribution >= 4 is 11.3 Å². The van der Waals surface area contributed by atoms with Crippen molar-refractivity contribution in [2.24, 2.45) is 0 Å². The van der Waals surface area contributed by atoms with E-state index in [4.69, 9.17) is 9.05 Å². The van der Waals surface area contributed by atoms with Gasteiger partial charge < -0.3 is 9.05 Å². The van der Waals surface area contributed by atoms with Crippen molar-refractivity contribution in [1.29, 1.82) is 0 Å². The molecule has 0 aliphatic heterocycles. The minimum absolute atomic E-state index is 0.305. The topological polar surface area (TPSA) is 95.7 Å². The molecule has 0 saturated carbocycles. The molecule has 122 valence electrons. The number of hydrogen-bond donors (Lipinski definition) is 0. The summed E-state index contributed by atoms with van der Waals surface area (Å²) in [6.07, 6.45) is 3.56. The van der Waals surface area contributed by atoms with Crippen molar-refractivity contribution in [2.45, 2.75) is 26.3 Å². The van der Waals surface area contributed by atoms with Crippen molar-refractivity contribution in [3.8, 4) is 23.1 Å². The molecule has 0 saturated heterocycles. The predicted molar refractivity (Wildman–Crippen MR) is 86.3 cm³/mol. The molecule has 0 bridgehead atoms. The van der Waals surface area contributed by atoms with Gasteiger partial charge in [-0.25, -0.2) is 4.98 Å². The highest BCUT2D eigenvalue weighted by atomic mass is 32.1. The first-order valence-corrected chi connectivity index (χ1v) is 8.30. The maximum absolute atomic E-state index is 5.29. The van der Waals surface area contributed by atoms with Gasteiger partial charge in [-0.2, -0.15) is 10.1 Å². The Morgan fingerprint density at radius 3 is 2.83 bits per heavy atom. The maximum Gasteiger partial charge on any atom is 0.280 e. The SMILES string of the molecule is CC(C)c1nc(-c2noc(-c3cc(Cn4cccn4)on3)n2)cs1. The van der Waals surface area contributed by atoms with E-state index in [0.717, 1.165) is 5.01 Å². The fourth-order valence-electron chi connectivity index (χ4n) is 2.13. The highest BCUT2D eigenvalue weighted by Gasteiger charge is 2.17. The first-order valence-electron chi connectivity index (χ1n) is 7.42. The molecule has 4 rings (SSSR count). The van der Waals surface area contributed by atoms with E-state index < -0.39 is 0 Å². The van der Waals surface area contributed by atoms with Gasteiger partial charge in [0.2, 0.25) is 5.82 Å². The molecule has 0 aliphatic carbocycles. The summed E-state index contributed by atoms with van der Waals surface area (Å²) in [6, 6.07) is 3.61. The van der Waals surface area contributed by atoms with E-state index in [1.54, 1.807) is 28.3 Å². The molecule has 0 N–H and O–H groups in total. The Morgan fingerprint density at radius 1 is 1.17 bits per heavy atom. The average molecular weight is 342 g/mol. The van der Waals surface area contributed by atoms with Crippen LogP contribution in [0, 0.1) is 0 Å². The molecule has 0 amide bonds. The molecule has 4 aromatic rings. The van der Waals surface area contributed by atoms with Crippen LogP contribution in [0.4, 0.5) is 0 Å². The Kier molecular flexibility index (Phi) is 3.69. The lowest BCUT2D eigenvalue weighted by atomic mass is 10.2. The maximum atomic E-state index is 5.29. The predicted octanol–water partition coefficient (Wildman–Crippen LogP) is 3.22. The van der Waals surface area contributed by atoms with Gasteiger partial charge in [-0.3, -0.25) is 4.68 Å². The van der Waals surface area contributed by atoms with E-state index in [1.807, 2.05) is 17.6 Å². The highest BCUT2D eigenvalue weighted by molar-refractivity contribution is 7.10. The Balaban J connectivity index is 1.55. The lowest BCUT2D eigenvalue weighted by molar-refractivity contribution is 0.368. The largest absolute Gasteiger partial charge is 0.359 e. The van der Waals surface area contributed by atoms with Crippen molar-refractivity contribution < 1.29 is 9.05 Å². The minimum Gasteiger partial charge on any atom is -0.359 e. The Hall–Kier alpha value is -2.81. The van der Waals surface area contributed by atoms with Gasteiger partial charge in [0, 0.05) is 29.8 Å². The molecule has 0 aliphatic rings. The fraction of sp³-hybridized carbons (Fsp3) is 0.267. The third-order valence-corrected chi connectivity index (χ3v) is 4.47. The van der Waals surface area contributed by atoms with E-state index in [2.05, 4.69) is 39.2 Å². The summed E-state index contributed by atoms with van der Waals surface area (Å²) in [4.78, 5) is 8.88. The minimum atomic E-state index is 0.305. The van der Waals surface area contributed by atoms with Crippen LogP contribution in [0.15, 0.2) is 39.0 Å². The second-order valence-corrected chi connectivity index (χ2v) is 6.42. The van der Waals surface area contributed by atoms with Crippen LogP contribution in [0.1, 0.15) is 30.5 Å². The van der Waals surface area contributed by atoms with Crippen molar-refractivity contribution in [2.75, 3.05) is 0 Å². The zero-order valence-electron chi connectivity index (χ0n) is 13.1. The van der Waals surface area contributed by atoms with Gasteiger partial charge in [-0.1, -0.05) is 24.2 Å². The van der Waals surface area contributed by atoms with E-state index in [-0.39, 0.29) is 0 Å². The summed E-state index contributed by atoms with van der Waals surface area (Å²) >= 11 is 1.59. The molecular weight excluding hydrogens is 328 g/mol. The monoisotopic (exact) mass is 342 g/mol. The first kappa shape index (κ1) is 14.8. The number of thiazole rings is 1. The smallest absolute Gasteiger partial charge is 0.280 e. The summed E-state index contributed by atoms with van der Waals surface area (Å²) in [6.45, 7) is 4.69. The highest BCUT2D eigenvalue weighted by Crippen LogP contribution is 2.26. The Morgan fingerprint density at radius 2 is 2.08 bits per heavy atom. The third-order valence-electron chi connectivity index (χ3n) is 3.33. The lowest BCUT2D eigenvalue weighted by Crippen LogP contribution is -1.97. The molecule has 0 unspecified atom stereocenters. The molecule has 8 nitrogen and oxygen atoms in total. The van der Waals surface area contributed by atoms with Gasteiger partial charge in [0.15, 0.2) is 11.5 Å². The summed E-state index contributed by atoms with van der Waals surface area (Å²) in [7, 11) is 0. The van der Waals surface area contributed by atoms with Crippen LogP contribution in [0.3, 0.4) is 0 Å². The molecule has 0 fully saturated rings. The van der Waals surface area contributed by atoms with Crippen LogP contribution in [0.5, 0.6) is 0 Å². The van der Waals surface area contributed by atoms with Gasteiger partial charge in [-0.05, 0) is 6.07 Å². The van der Waals surface area contributed by atoms with Crippen molar-refractivity contribution in [1.82, 2.24) is 30.1 Å². The van der Waals surface area contributed by atoms with Gasteiger partial charge in [0.25, 0.3) is 5.89 Å². The van der Waals surface area contributed by atoms with E-state index in [1.165, 1.54) is 0 Å². The van der Waals surface area contributed by atoms with E-state index in [9.17, 15) is 0 Å². The first-order chi connectivity index (χ1) is 11.7. The molecule has 0 aromatic carbocycles. The van der Waals surface area contributed by atoms with Gasteiger partial charge >= 0.3 is 0 Å². The number of rotatable bonds is 5. The van der Waals surface area contributed by atoms with Crippen LogP contribution in [-0.4, -0.2) is 30.1 Å². The fourth-order valence-corrected chi connectivity index (χ4v) is 2.94. The zero-order chi connectivity index (χ0) is 16.5. The van der Waals surface area contributed by atoms with Gasteiger partial charge in [-0.15, -0.1) is 11.3 Å². The zero-order valence-corrected chi connectivity index (χ0v) is 13.9. The second-order valence-electron chi connectivity index (χ2n) is 5.53. The van der Waals surface area contributed by atoms with Crippen LogP contribution in [0.2, 0.25) is 0 Å². The molecule has 24 heavy (non-hydrogen) atoms. The summed E-state index contributed by atoms with van der Waals surface area (Å²) < 4.78 is 12.3. The van der Waals surface area contributed by atoms with Crippen molar-refractivity contribution in [3.05, 3.63) is 40.7 Å². The van der Waals surface area contributed by atoms with Crippen LogP contribution in [-0.2, 0) is 6.54 Å². The molecule has 4 heterocycles. The average Bonchev–Trinajstić information content (AvgIpc) is 3.35. The van der Waals surface area contributed by atoms with Crippen LogP contribution < -0.4 is 0 Å². The summed E-state index contributed by atoms with van der Waals surface area (Å²) in [5, 5.41) is 15.0. The van der Waals surface area contributed by atoms with Gasteiger partial charge in [0.05, 0.1) is 5.01 Å². The molecule has 0 spiro atoms.